The molecule has 0 saturated carbocycles. The summed E-state index contributed by atoms with van der Waals surface area (Å²) in [5.41, 5.74) is 2.66. The zero-order valence-electron chi connectivity index (χ0n) is 11.4. The van der Waals surface area contributed by atoms with Crippen LogP contribution in [-0.2, 0) is 24.2 Å². The third kappa shape index (κ3) is 7.09. The van der Waals surface area contributed by atoms with E-state index in [1.165, 1.54) is 38.6 Å². The number of halogens is 2. The molecule has 3 aromatic carbocycles. The van der Waals surface area contributed by atoms with Crippen LogP contribution in [-0.4, -0.2) is 3.21 Å². The zero-order valence-corrected chi connectivity index (χ0v) is 15.4. The Morgan fingerprint density at radius 1 is 0.619 bits per heavy atom. The van der Waals surface area contributed by atoms with Crippen LogP contribution in [0.25, 0.3) is 0 Å². The smallest absolute Gasteiger partial charge is 0.172 e. The molecule has 0 amide bonds. The Morgan fingerprint density at radius 2 is 1.00 bits per heavy atom. The first-order valence-electron chi connectivity index (χ1n) is 6.24. The fourth-order valence-corrected chi connectivity index (χ4v) is 2.52. The van der Waals surface area contributed by atoms with E-state index in [1.54, 1.807) is 0 Å². The van der Waals surface area contributed by atoms with Gasteiger partial charge in [-0.1, -0.05) is 0 Å². The van der Waals surface area contributed by atoms with Crippen molar-refractivity contribution in [1.82, 2.24) is 0 Å². The third-order valence-corrected chi connectivity index (χ3v) is 4.10. The maximum atomic E-state index is 2.16. The van der Waals surface area contributed by atoms with E-state index in [4.69, 9.17) is 0 Å². The quantitative estimate of drug-likeness (QED) is 0.452. The molecule has 0 aliphatic carbocycles. The monoisotopic (exact) mass is 391 g/mol. The first-order valence-corrected chi connectivity index (χ1v) is 7.47. The van der Waals surface area contributed by atoms with Crippen LogP contribution < -0.4 is 24.8 Å². The molecule has 0 spiro atoms. The molecule has 0 unspecified atom stereocenters. The van der Waals surface area contributed by atoms with Gasteiger partial charge in [0, 0.05) is 0 Å². The van der Waals surface area contributed by atoms with Crippen LogP contribution in [0, 0.1) is 0 Å². The molecule has 0 heterocycles. The molecular weight excluding hydrogens is 378 g/mol. The Balaban J connectivity index is 0.000000491. The van der Waals surface area contributed by atoms with Crippen molar-refractivity contribution < 1.29 is 49.0 Å². The number of hydrogen-bond donors (Lipinski definition) is 0. The maximum Gasteiger partial charge on any atom is -0.172 e. The molecule has 0 radical (unpaired) electrons. The molecule has 0 fully saturated rings. The second kappa shape index (κ2) is 11.7. The van der Waals surface area contributed by atoms with Crippen molar-refractivity contribution in [3.8, 4) is 0 Å². The summed E-state index contributed by atoms with van der Waals surface area (Å²) < 4.78 is 1.42. The van der Waals surface area contributed by atoms with E-state index in [-0.39, 0.29) is 24.8 Å². The molecule has 0 atom stereocenters. The van der Waals surface area contributed by atoms with Crippen LogP contribution in [0.3, 0.4) is 0 Å². The van der Waals surface area contributed by atoms with Gasteiger partial charge < -0.3 is 24.8 Å². The molecule has 0 nitrogen and oxygen atoms in total. The van der Waals surface area contributed by atoms with Gasteiger partial charge >= 0.3 is 99.2 Å². The molecule has 21 heavy (non-hydrogen) atoms. The number of rotatable bonds is 2. The Kier molecular flexibility index (Phi) is 11.3. The Bertz CT molecular complexity index is 531. The van der Waals surface area contributed by atoms with E-state index in [0.717, 1.165) is 0 Å². The number of benzene rings is 2. The summed E-state index contributed by atoms with van der Waals surface area (Å²) in [7, 11) is 0. The molecule has 0 aromatic heterocycles. The van der Waals surface area contributed by atoms with Gasteiger partial charge in [0.1, 0.15) is 0 Å². The van der Waals surface area contributed by atoms with Gasteiger partial charge in [-0.2, -0.15) is 18.2 Å². The zero-order chi connectivity index (χ0) is 13.3. The summed E-state index contributed by atoms with van der Waals surface area (Å²) >= 11 is 1.46. The summed E-state index contributed by atoms with van der Waals surface area (Å²) in [6.45, 7) is 0. The van der Waals surface area contributed by atoms with E-state index in [9.17, 15) is 0 Å². The standard InChI is InChI=1S/C13H10.C5H5.2ClH.Zr/c1-3-7-12(8-4-1)11-13-9-5-2-6-10-13;1-2-4-5-3-1;;;/h1-10H;1-5H;2*1H;/q;-1;;;+2/p-2. The number of hydrogen-bond acceptors (Lipinski definition) is 0. The van der Waals surface area contributed by atoms with Crippen molar-refractivity contribution >= 4 is 3.21 Å². The van der Waals surface area contributed by atoms with Gasteiger partial charge in [0.2, 0.25) is 0 Å². The molecular formula is C18H15Cl2Zr-. The SMILES string of the molecule is [Cl-].[Cl-].[Zr+2]=[C](c1ccccc1)c1ccccc1.c1cc[cH-]c1. The van der Waals surface area contributed by atoms with Gasteiger partial charge in [-0.25, -0.2) is 12.1 Å². The van der Waals surface area contributed by atoms with Gasteiger partial charge in [-0.15, -0.1) is 0 Å². The van der Waals surface area contributed by atoms with Crippen LogP contribution in [0.4, 0.5) is 0 Å². The fraction of sp³-hybridized carbons (Fsp3) is 0. The first-order chi connectivity index (χ1) is 9.38. The molecule has 3 aromatic rings. The van der Waals surface area contributed by atoms with E-state index < -0.39 is 0 Å². The minimum absolute atomic E-state index is 0. The topological polar surface area (TPSA) is 0 Å². The fourth-order valence-electron chi connectivity index (χ4n) is 1.70. The van der Waals surface area contributed by atoms with Gasteiger partial charge in [0.15, 0.2) is 0 Å². The normalized spacial score (nSPS) is 8.48. The van der Waals surface area contributed by atoms with E-state index in [1.807, 2.05) is 30.3 Å². The van der Waals surface area contributed by atoms with Crippen LogP contribution in [0.15, 0.2) is 91.0 Å². The first kappa shape index (κ1) is 20.1. The van der Waals surface area contributed by atoms with Crippen molar-refractivity contribution in [2.45, 2.75) is 0 Å². The molecule has 0 bridgehead atoms. The minimum Gasteiger partial charge on any atom is -0.214 e. The average Bonchev–Trinajstić information content (AvgIpc) is 3.08. The van der Waals surface area contributed by atoms with Crippen molar-refractivity contribution in [3.63, 3.8) is 0 Å². The minimum atomic E-state index is 0. The largest absolute Gasteiger partial charge is 0.214 e. The predicted molar refractivity (Wildman–Crippen MR) is 78.1 cm³/mol. The predicted octanol–water partition coefficient (Wildman–Crippen LogP) is -1.78. The van der Waals surface area contributed by atoms with Gasteiger partial charge in [0.05, 0.1) is 0 Å². The van der Waals surface area contributed by atoms with Crippen LogP contribution >= 0.6 is 0 Å². The van der Waals surface area contributed by atoms with Crippen molar-refractivity contribution in [1.29, 1.82) is 0 Å². The molecule has 3 rings (SSSR count). The molecule has 3 heteroatoms. The van der Waals surface area contributed by atoms with Crippen molar-refractivity contribution in [2.75, 3.05) is 0 Å². The van der Waals surface area contributed by atoms with Crippen molar-refractivity contribution in [2.24, 2.45) is 0 Å². The van der Waals surface area contributed by atoms with Gasteiger partial charge in [0.25, 0.3) is 0 Å². The van der Waals surface area contributed by atoms with Gasteiger partial charge in [-0.05, 0) is 0 Å². The maximum absolute atomic E-state index is 2.16. The molecule has 0 N–H and O–H groups in total. The van der Waals surface area contributed by atoms with Crippen molar-refractivity contribution in [3.05, 3.63) is 102 Å². The van der Waals surface area contributed by atoms with E-state index in [2.05, 4.69) is 60.7 Å². The Hall–Kier alpha value is -0.877. The Morgan fingerprint density at radius 3 is 1.29 bits per heavy atom. The molecule has 106 valence electrons. The van der Waals surface area contributed by atoms with E-state index >= 15 is 0 Å². The second-order valence-electron chi connectivity index (χ2n) is 4.07. The van der Waals surface area contributed by atoms with Crippen LogP contribution in [0.1, 0.15) is 11.1 Å². The summed E-state index contributed by atoms with van der Waals surface area (Å²) in [4.78, 5) is 0. The van der Waals surface area contributed by atoms with Crippen LogP contribution in [0.5, 0.6) is 0 Å². The third-order valence-electron chi connectivity index (χ3n) is 2.68. The molecule has 0 saturated heterocycles. The summed E-state index contributed by atoms with van der Waals surface area (Å²) in [6.07, 6.45) is 0. The molecule has 0 aliphatic heterocycles. The summed E-state index contributed by atoms with van der Waals surface area (Å²) in [6, 6.07) is 31.1. The average molecular weight is 393 g/mol. The Labute approximate surface area is 153 Å². The van der Waals surface area contributed by atoms with Gasteiger partial charge in [-0.3, -0.25) is 0 Å². The summed E-state index contributed by atoms with van der Waals surface area (Å²) in [5, 5.41) is 0. The summed E-state index contributed by atoms with van der Waals surface area (Å²) in [5.74, 6) is 0. The van der Waals surface area contributed by atoms with Crippen LogP contribution in [0.2, 0.25) is 0 Å². The second-order valence-corrected chi connectivity index (χ2v) is 5.30. The molecule has 0 aliphatic rings. The van der Waals surface area contributed by atoms with E-state index in [0.29, 0.717) is 0 Å².